The summed E-state index contributed by atoms with van der Waals surface area (Å²) >= 11 is 0.305. The van der Waals surface area contributed by atoms with Crippen LogP contribution < -0.4 is 10.2 Å². The Morgan fingerprint density at radius 3 is 2.45 bits per heavy atom. The fourth-order valence-corrected chi connectivity index (χ4v) is 5.28. The van der Waals surface area contributed by atoms with E-state index in [2.05, 4.69) is 15.3 Å². The molecule has 1 aromatic carbocycles. The lowest BCUT2D eigenvalue weighted by Gasteiger charge is -2.33. The largest absolute Gasteiger partial charge is 0.352 e. The first kappa shape index (κ1) is 23.4. The molecule has 1 aliphatic heterocycles. The van der Waals surface area contributed by atoms with Gasteiger partial charge < -0.3 is 10.2 Å². The van der Waals surface area contributed by atoms with Crippen LogP contribution in [0, 0.1) is 0 Å². The van der Waals surface area contributed by atoms with Gasteiger partial charge in [-0.05, 0) is 24.6 Å². The van der Waals surface area contributed by atoms with Crippen LogP contribution in [0.2, 0.25) is 0 Å². The molecular formula is C19H23F2N5O3S2. The molecule has 8 nitrogen and oxygen atoms in total. The zero-order valence-corrected chi connectivity index (χ0v) is 18.3. The van der Waals surface area contributed by atoms with Crippen LogP contribution in [0.15, 0.2) is 47.6 Å². The Bertz CT molecular complexity index is 972. The second-order valence-electron chi connectivity index (χ2n) is 6.74. The highest BCUT2D eigenvalue weighted by Gasteiger charge is 2.27. The number of hydrogen-bond acceptors (Lipinski definition) is 7. The molecule has 1 fully saturated rings. The van der Waals surface area contributed by atoms with Crippen LogP contribution >= 0.6 is 11.8 Å². The standard InChI is InChI=1S/C19H23F2N5O3S2/c20-18(21)30-16-6-2-1-5-15(16)17(27)22-9-4-14-31(28,29)26-12-10-25(11-13-26)19-23-7-3-8-24-19/h1-3,5-8,18H,4,9-14H2,(H,22,27). The summed E-state index contributed by atoms with van der Waals surface area (Å²) in [5.74, 6) is -2.67. The van der Waals surface area contributed by atoms with Crippen LogP contribution in [0.4, 0.5) is 14.7 Å². The molecule has 0 aliphatic carbocycles. The number of nitrogens with one attached hydrogen (secondary N) is 1. The Morgan fingerprint density at radius 2 is 1.77 bits per heavy atom. The van der Waals surface area contributed by atoms with Gasteiger partial charge >= 0.3 is 0 Å². The van der Waals surface area contributed by atoms with Gasteiger partial charge in [0.1, 0.15) is 0 Å². The smallest absolute Gasteiger partial charge is 0.288 e. The molecule has 2 aromatic rings. The molecule has 1 amide bonds. The Balaban J connectivity index is 1.45. The van der Waals surface area contributed by atoms with Gasteiger partial charge in [-0.1, -0.05) is 23.9 Å². The lowest BCUT2D eigenvalue weighted by Crippen LogP contribution is -2.49. The molecule has 0 spiro atoms. The SMILES string of the molecule is O=C(NCCCS(=O)(=O)N1CCN(c2ncccn2)CC1)c1ccccc1SC(F)F. The summed E-state index contributed by atoms with van der Waals surface area (Å²) in [6.07, 6.45) is 3.51. The van der Waals surface area contributed by atoms with Gasteiger partial charge in [-0.3, -0.25) is 4.79 Å². The first-order valence-corrected chi connectivity index (χ1v) is 12.2. The van der Waals surface area contributed by atoms with E-state index in [-0.39, 0.29) is 29.2 Å². The molecule has 0 atom stereocenters. The number of carbonyl (C=O) groups is 1. The molecule has 0 bridgehead atoms. The minimum Gasteiger partial charge on any atom is -0.352 e. The molecule has 3 rings (SSSR count). The lowest BCUT2D eigenvalue weighted by molar-refractivity contribution is 0.0950. The normalized spacial score (nSPS) is 15.3. The maximum atomic E-state index is 12.6. The second kappa shape index (κ2) is 10.8. The predicted octanol–water partition coefficient (Wildman–Crippen LogP) is 2.06. The first-order chi connectivity index (χ1) is 14.9. The fraction of sp³-hybridized carbons (Fsp3) is 0.421. The number of aromatic nitrogens is 2. The van der Waals surface area contributed by atoms with E-state index < -0.39 is 21.7 Å². The third-order valence-corrected chi connectivity index (χ3v) is 7.42. The van der Waals surface area contributed by atoms with Crippen LogP contribution in [0.25, 0.3) is 0 Å². The third kappa shape index (κ3) is 6.58. The van der Waals surface area contributed by atoms with Crippen LogP contribution in [0.5, 0.6) is 0 Å². The molecule has 2 heterocycles. The van der Waals surface area contributed by atoms with Gasteiger partial charge in [0.25, 0.3) is 11.7 Å². The van der Waals surface area contributed by atoms with Crippen molar-refractivity contribution < 1.29 is 22.0 Å². The number of carbonyl (C=O) groups excluding carboxylic acids is 1. The third-order valence-electron chi connectivity index (χ3n) is 4.68. The van der Waals surface area contributed by atoms with Crippen LogP contribution in [-0.4, -0.2) is 72.8 Å². The van der Waals surface area contributed by atoms with Gasteiger partial charge in [0.2, 0.25) is 16.0 Å². The lowest BCUT2D eigenvalue weighted by atomic mass is 10.2. The van der Waals surface area contributed by atoms with Gasteiger partial charge in [0.15, 0.2) is 0 Å². The number of hydrogen-bond donors (Lipinski definition) is 1. The van der Waals surface area contributed by atoms with Crippen molar-refractivity contribution in [2.24, 2.45) is 0 Å². The number of halogens is 2. The minimum absolute atomic E-state index is 0.109. The Kier molecular flexibility index (Phi) is 8.15. The average Bonchev–Trinajstić information content (AvgIpc) is 2.77. The zero-order valence-electron chi connectivity index (χ0n) is 16.7. The van der Waals surface area contributed by atoms with Crippen molar-refractivity contribution in [1.82, 2.24) is 19.6 Å². The fourth-order valence-electron chi connectivity index (χ4n) is 3.15. The highest BCUT2D eigenvalue weighted by Crippen LogP contribution is 2.28. The molecule has 1 N–H and O–H groups in total. The molecule has 1 aromatic heterocycles. The van der Waals surface area contributed by atoms with E-state index in [0.717, 1.165) is 0 Å². The number of piperazine rings is 1. The number of sulfonamides is 1. The van der Waals surface area contributed by atoms with E-state index in [1.807, 2.05) is 4.90 Å². The number of amides is 1. The van der Waals surface area contributed by atoms with Crippen LogP contribution in [-0.2, 0) is 10.0 Å². The Morgan fingerprint density at radius 1 is 1.10 bits per heavy atom. The average molecular weight is 472 g/mol. The number of rotatable bonds is 9. The molecule has 1 aliphatic rings. The van der Waals surface area contributed by atoms with Crippen molar-refractivity contribution in [1.29, 1.82) is 0 Å². The maximum Gasteiger partial charge on any atom is 0.288 e. The van der Waals surface area contributed by atoms with Crippen molar-refractivity contribution in [2.45, 2.75) is 17.1 Å². The van der Waals surface area contributed by atoms with Crippen molar-refractivity contribution >= 4 is 33.6 Å². The van der Waals surface area contributed by atoms with Crippen molar-refractivity contribution in [3.8, 4) is 0 Å². The monoisotopic (exact) mass is 471 g/mol. The molecule has 31 heavy (non-hydrogen) atoms. The number of alkyl halides is 2. The number of thioether (sulfide) groups is 1. The first-order valence-electron chi connectivity index (χ1n) is 9.68. The van der Waals surface area contributed by atoms with E-state index in [1.54, 1.807) is 30.6 Å². The summed E-state index contributed by atoms with van der Waals surface area (Å²) in [6.45, 7) is 1.80. The molecular weight excluding hydrogens is 448 g/mol. The summed E-state index contributed by atoms with van der Waals surface area (Å²) in [5.41, 5.74) is 0.148. The van der Waals surface area contributed by atoms with Gasteiger partial charge in [-0.25, -0.2) is 18.4 Å². The topological polar surface area (TPSA) is 95.5 Å². The molecule has 12 heteroatoms. The van der Waals surface area contributed by atoms with Crippen molar-refractivity contribution in [2.75, 3.05) is 43.4 Å². The zero-order chi connectivity index (χ0) is 22.3. The van der Waals surface area contributed by atoms with Crippen LogP contribution in [0.3, 0.4) is 0 Å². The summed E-state index contributed by atoms with van der Waals surface area (Å²) in [7, 11) is -3.46. The summed E-state index contributed by atoms with van der Waals surface area (Å²) in [6, 6.07) is 7.81. The van der Waals surface area contributed by atoms with Gasteiger partial charge in [-0.2, -0.15) is 13.1 Å². The Hall–Kier alpha value is -2.31. The van der Waals surface area contributed by atoms with E-state index in [1.165, 1.54) is 16.4 Å². The van der Waals surface area contributed by atoms with Gasteiger partial charge in [0, 0.05) is 50.0 Å². The van der Waals surface area contributed by atoms with Crippen LogP contribution in [0.1, 0.15) is 16.8 Å². The second-order valence-corrected chi connectivity index (χ2v) is 9.86. The summed E-state index contributed by atoms with van der Waals surface area (Å²) in [4.78, 5) is 22.8. The molecule has 0 unspecified atom stereocenters. The van der Waals surface area contributed by atoms with E-state index >= 15 is 0 Å². The highest BCUT2D eigenvalue weighted by atomic mass is 32.2. The molecule has 0 radical (unpaired) electrons. The molecule has 168 valence electrons. The summed E-state index contributed by atoms with van der Waals surface area (Å²) in [5, 5.41) is 2.61. The van der Waals surface area contributed by atoms with E-state index in [0.29, 0.717) is 43.9 Å². The highest BCUT2D eigenvalue weighted by molar-refractivity contribution is 7.99. The van der Waals surface area contributed by atoms with Crippen molar-refractivity contribution in [3.05, 3.63) is 48.3 Å². The minimum atomic E-state index is -3.46. The summed E-state index contributed by atoms with van der Waals surface area (Å²) < 4.78 is 51.9. The molecule has 0 saturated carbocycles. The van der Waals surface area contributed by atoms with E-state index in [4.69, 9.17) is 0 Å². The molecule has 1 saturated heterocycles. The van der Waals surface area contributed by atoms with E-state index in [9.17, 15) is 22.0 Å². The maximum absolute atomic E-state index is 12.6. The number of nitrogens with zero attached hydrogens (tertiary/aromatic N) is 4. The number of benzene rings is 1. The van der Waals surface area contributed by atoms with Crippen molar-refractivity contribution in [3.63, 3.8) is 0 Å². The quantitative estimate of drug-likeness (QED) is 0.442. The predicted molar refractivity (Wildman–Crippen MR) is 115 cm³/mol. The number of anilines is 1. The van der Waals surface area contributed by atoms with Gasteiger partial charge in [-0.15, -0.1) is 0 Å². The van der Waals surface area contributed by atoms with Gasteiger partial charge in [0.05, 0.1) is 11.3 Å². The Labute approximate surface area is 184 Å².